The summed E-state index contributed by atoms with van der Waals surface area (Å²) < 4.78 is 142. The molecule has 0 saturated heterocycles. The first-order chi connectivity index (χ1) is 28.5. The topological polar surface area (TPSA) is 158 Å². The molecule has 2 N–H and O–H groups in total. The molecule has 61 heavy (non-hydrogen) atoms. The predicted octanol–water partition coefficient (Wildman–Crippen LogP) is 7.09. The van der Waals surface area contributed by atoms with Gasteiger partial charge in [0.2, 0.25) is 15.9 Å². The molecule has 2 fully saturated rings. The van der Waals surface area contributed by atoms with Crippen LogP contribution in [0, 0.1) is 29.4 Å². The summed E-state index contributed by atoms with van der Waals surface area (Å²) in [7, 11) is -6.03. The first-order valence-corrected chi connectivity index (χ1v) is 22.7. The SMILES string of the molecule is Cn1nc(NS(C)(=O)=O)c2c(Cl)ccc(-c3ccc(C#CC(C)(C)S(=O)(=O)C4CC4)nc3[C@H](Cc3cc(F)cc(F)c3)NC(=O)Cn3nc(C(F)F)c4c3C(F)(F)[C@@H]3CC43)c21. The molecule has 322 valence electrons. The fourth-order valence-corrected chi connectivity index (χ4v) is 10.6. The number of sulfone groups is 1. The number of hydrogen-bond acceptors (Lipinski definition) is 8. The van der Waals surface area contributed by atoms with E-state index in [0.717, 1.165) is 18.4 Å². The second-order valence-corrected chi connectivity index (χ2v) is 21.0. The molecule has 1 unspecified atom stereocenters. The van der Waals surface area contributed by atoms with Crippen molar-refractivity contribution in [3.63, 3.8) is 0 Å². The maximum Gasteiger partial charge on any atom is 0.293 e. The van der Waals surface area contributed by atoms with Crippen molar-refractivity contribution in [2.75, 3.05) is 11.0 Å². The van der Waals surface area contributed by atoms with Gasteiger partial charge in [-0.15, -0.1) is 0 Å². The molecule has 3 atom stereocenters. The molecule has 3 aromatic heterocycles. The fourth-order valence-electron chi connectivity index (χ4n) is 8.09. The summed E-state index contributed by atoms with van der Waals surface area (Å²) in [6.45, 7) is 1.96. The minimum atomic E-state index is -3.86. The van der Waals surface area contributed by atoms with Crippen LogP contribution in [0.5, 0.6) is 0 Å². The predicted molar refractivity (Wildman–Crippen MR) is 213 cm³/mol. The zero-order valence-corrected chi connectivity index (χ0v) is 35.1. The number of sulfonamides is 1. The van der Waals surface area contributed by atoms with Gasteiger partial charge < -0.3 is 5.32 Å². The van der Waals surface area contributed by atoms with Gasteiger partial charge in [0.25, 0.3) is 12.3 Å². The third-order valence-corrected chi connectivity index (χ3v) is 14.8. The average molecular weight is 908 g/mol. The Morgan fingerprint density at radius 1 is 1.02 bits per heavy atom. The molecule has 2 aromatic carbocycles. The number of anilines is 1. The first kappa shape index (κ1) is 42.6. The molecular weight excluding hydrogens is 872 g/mol. The normalized spacial score (nSPS) is 18.7. The number of rotatable bonds is 12. The van der Waals surface area contributed by atoms with Crippen molar-refractivity contribution in [3.8, 4) is 23.0 Å². The number of aromatic nitrogens is 5. The molecule has 3 aliphatic rings. The first-order valence-electron chi connectivity index (χ1n) is 18.9. The van der Waals surface area contributed by atoms with Crippen LogP contribution in [0.4, 0.5) is 32.2 Å². The van der Waals surface area contributed by atoms with Crippen LogP contribution in [0.15, 0.2) is 42.5 Å². The van der Waals surface area contributed by atoms with E-state index in [1.807, 2.05) is 0 Å². The van der Waals surface area contributed by atoms with E-state index >= 15 is 8.78 Å². The van der Waals surface area contributed by atoms with Crippen molar-refractivity contribution in [3.05, 3.63) is 93.0 Å². The number of nitrogens with one attached hydrogen (secondary N) is 2. The van der Waals surface area contributed by atoms with E-state index < -0.39 is 95.6 Å². The zero-order valence-electron chi connectivity index (χ0n) is 32.7. The minimum absolute atomic E-state index is 0.00168. The monoisotopic (exact) mass is 907 g/mol. The number of amides is 1. The molecule has 2 saturated carbocycles. The van der Waals surface area contributed by atoms with Gasteiger partial charge in [-0.25, -0.2) is 39.4 Å². The molecule has 0 bridgehead atoms. The number of nitrogens with zero attached hydrogens (tertiary/aromatic N) is 5. The number of alkyl halides is 4. The minimum Gasteiger partial charge on any atom is -0.346 e. The molecular formula is C40H36ClF6N7O5S2. The summed E-state index contributed by atoms with van der Waals surface area (Å²) >= 11 is 6.61. The second-order valence-electron chi connectivity index (χ2n) is 16.1. The Morgan fingerprint density at radius 2 is 1.69 bits per heavy atom. The highest BCUT2D eigenvalue weighted by atomic mass is 35.5. The number of benzene rings is 2. The molecule has 0 radical (unpaired) electrons. The Bertz CT molecular complexity index is 2940. The lowest BCUT2D eigenvalue weighted by Crippen LogP contribution is -2.35. The number of fused-ring (bicyclic) bond motifs is 4. The largest absolute Gasteiger partial charge is 0.346 e. The van der Waals surface area contributed by atoms with Crippen LogP contribution >= 0.6 is 11.6 Å². The number of hydrogen-bond donors (Lipinski definition) is 2. The fraction of sp³-hybridized carbons (Fsp3) is 0.400. The zero-order chi connectivity index (χ0) is 44.1. The van der Waals surface area contributed by atoms with Crippen LogP contribution < -0.4 is 10.0 Å². The summed E-state index contributed by atoms with van der Waals surface area (Å²) in [6, 6.07) is 7.26. The van der Waals surface area contributed by atoms with Crippen molar-refractivity contribution in [2.24, 2.45) is 13.0 Å². The molecule has 1 amide bonds. The Balaban J connectivity index is 1.29. The maximum atomic E-state index is 15.5. The van der Waals surface area contributed by atoms with Crippen LogP contribution in [-0.2, 0) is 50.6 Å². The number of carbonyl (C=O) groups is 1. The summed E-state index contributed by atoms with van der Waals surface area (Å²) in [4.78, 5) is 18.8. The lowest BCUT2D eigenvalue weighted by Gasteiger charge is -2.23. The highest BCUT2D eigenvalue weighted by Gasteiger charge is 2.67. The number of aryl methyl sites for hydroxylation is 1. The van der Waals surface area contributed by atoms with E-state index in [0.29, 0.717) is 29.2 Å². The van der Waals surface area contributed by atoms with Crippen LogP contribution in [-0.4, -0.2) is 63.5 Å². The molecule has 3 heterocycles. The van der Waals surface area contributed by atoms with Gasteiger partial charge >= 0.3 is 0 Å². The van der Waals surface area contributed by atoms with Gasteiger partial charge in [-0.2, -0.15) is 19.0 Å². The van der Waals surface area contributed by atoms with E-state index in [9.17, 15) is 39.2 Å². The van der Waals surface area contributed by atoms with Gasteiger partial charge in [-0.1, -0.05) is 23.6 Å². The van der Waals surface area contributed by atoms with Gasteiger partial charge in [0, 0.05) is 35.7 Å². The van der Waals surface area contributed by atoms with Crippen LogP contribution in [0.1, 0.15) is 85.4 Å². The molecule has 0 spiro atoms. The third-order valence-electron chi connectivity index (χ3n) is 11.1. The summed E-state index contributed by atoms with van der Waals surface area (Å²) in [5, 5.41) is 10.5. The summed E-state index contributed by atoms with van der Waals surface area (Å²) in [6.07, 6.45) is -1.66. The van der Waals surface area contributed by atoms with Crippen LogP contribution in [0.25, 0.3) is 22.0 Å². The highest BCUT2D eigenvalue weighted by Crippen LogP contribution is 2.68. The molecule has 21 heteroatoms. The summed E-state index contributed by atoms with van der Waals surface area (Å²) in [5.41, 5.74) is -1.11. The number of pyridine rings is 1. The quantitative estimate of drug-likeness (QED) is 0.0993. The van der Waals surface area contributed by atoms with Gasteiger partial charge in [0.1, 0.15) is 40.0 Å². The number of halogens is 7. The van der Waals surface area contributed by atoms with Gasteiger partial charge in [-0.05, 0) is 87.3 Å². The molecule has 5 aromatic rings. The van der Waals surface area contributed by atoms with Crippen molar-refractivity contribution >= 4 is 54.1 Å². The van der Waals surface area contributed by atoms with Gasteiger partial charge in [-0.3, -0.25) is 18.9 Å². The van der Waals surface area contributed by atoms with E-state index in [-0.39, 0.29) is 62.7 Å². The maximum absolute atomic E-state index is 15.5. The van der Waals surface area contributed by atoms with E-state index in [1.165, 1.54) is 43.8 Å². The van der Waals surface area contributed by atoms with Gasteiger partial charge in [0.05, 0.1) is 39.2 Å². The summed E-state index contributed by atoms with van der Waals surface area (Å²) in [5.74, 6) is -2.99. The van der Waals surface area contributed by atoms with Crippen molar-refractivity contribution < 1.29 is 48.0 Å². The Kier molecular flexibility index (Phi) is 10.3. The molecule has 8 rings (SSSR count). The second kappa shape index (κ2) is 14.8. The molecule has 0 aliphatic heterocycles. The Morgan fingerprint density at radius 3 is 2.33 bits per heavy atom. The lowest BCUT2D eigenvalue weighted by molar-refractivity contribution is -0.123. The van der Waals surface area contributed by atoms with E-state index in [1.54, 1.807) is 6.07 Å². The molecule has 3 aliphatic carbocycles. The van der Waals surface area contributed by atoms with Crippen molar-refractivity contribution in [1.29, 1.82) is 0 Å². The molecule has 12 nitrogen and oxygen atoms in total. The highest BCUT2D eigenvalue weighted by molar-refractivity contribution is 7.93. The third kappa shape index (κ3) is 7.84. The van der Waals surface area contributed by atoms with Crippen LogP contribution in [0.2, 0.25) is 5.02 Å². The van der Waals surface area contributed by atoms with Crippen molar-refractivity contribution in [2.45, 2.75) is 80.4 Å². The smallest absolute Gasteiger partial charge is 0.293 e. The van der Waals surface area contributed by atoms with Crippen molar-refractivity contribution in [1.82, 2.24) is 29.9 Å². The van der Waals surface area contributed by atoms with E-state index in [2.05, 4.69) is 32.1 Å². The standard InChI is InChI=1S/C40H36ClF6N7O5S2/c1-39(2,61(58,59)23-6-7-23)12-11-22-5-8-24(25-9-10-28(41)32-35(25)53(3)51-38(32)52-60(4,56)57)33(48-22)29(15-19-13-20(42)16-21(43)14-19)49-30(55)18-54-36-31(34(50-54)37(44)45)26-17-27(26)40(36,46)47/h5,8-10,13-14,16,23,26-27,29,37H,6-7,15,17-18H2,1-4H3,(H,49,55)(H,51,52)/t26?,27-,29+/m1/s1. The Hall–Kier alpha value is -5.13. The van der Waals surface area contributed by atoms with Gasteiger partial charge in [0.15, 0.2) is 15.7 Å². The number of carbonyl (C=O) groups excluding carboxylic acids is 1. The lowest BCUT2D eigenvalue weighted by atomic mass is 9.93. The Labute approximate surface area is 351 Å². The average Bonchev–Trinajstić information content (AvgIpc) is 4.07. The van der Waals surface area contributed by atoms with E-state index in [4.69, 9.17) is 16.6 Å². The van der Waals surface area contributed by atoms with Crippen LogP contribution in [0.3, 0.4) is 0 Å².